The van der Waals surface area contributed by atoms with Gasteiger partial charge in [0.25, 0.3) is 0 Å². The van der Waals surface area contributed by atoms with E-state index in [0.717, 1.165) is 58.5 Å². The zero-order valence-electron chi connectivity index (χ0n) is 24.5. The average Bonchev–Trinajstić information content (AvgIpc) is 3.03. The number of nitrogens with one attached hydrogen (secondary N) is 2. The number of methoxy groups -OCH3 is 1. The van der Waals surface area contributed by atoms with E-state index < -0.39 is 10.0 Å². The van der Waals surface area contributed by atoms with Gasteiger partial charge in [-0.05, 0) is 63.2 Å². The normalized spacial score (nSPS) is 17.1. The van der Waals surface area contributed by atoms with Crippen LogP contribution in [0.3, 0.4) is 0 Å². The lowest BCUT2D eigenvalue weighted by molar-refractivity contribution is 0.0357. The van der Waals surface area contributed by atoms with Crippen molar-refractivity contribution >= 4 is 39.5 Å². The van der Waals surface area contributed by atoms with Crippen LogP contribution in [0.1, 0.15) is 51.0 Å². The van der Waals surface area contributed by atoms with Crippen LogP contribution < -0.4 is 19.5 Å². The number of anilines is 2. The van der Waals surface area contributed by atoms with Crippen molar-refractivity contribution in [2.75, 3.05) is 56.6 Å². The summed E-state index contributed by atoms with van der Waals surface area (Å²) in [5.74, 6) is 1.07. The van der Waals surface area contributed by atoms with E-state index >= 15 is 0 Å². The van der Waals surface area contributed by atoms with Crippen LogP contribution in [0.15, 0.2) is 47.0 Å². The van der Waals surface area contributed by atoms with Crippen LogP contribution in [0, 0.1) is 11.3 Å². The van der Waals surface area contributed by atoms with Gasteiger partial charge in [-0.1, -0.05) is 19.3 Å². The predicted octanol–water partition coefficient (Wildman–Crippen LogP) is 5.57. The molecule has 10 nitrogen and oxygen atoms in total. The van der Waals surface area contributed by atoms with Crippen LogP contribution in [-0.2, 0) is 14.8 Å². The van der Waals surface area contributed by atoms with Gasteiger partial charge in [0.1, 0.15) is 0 Å². The van der Waals surface area contributed by atoms with Crippen molar-refractivity contribution in [2.45, 2.75) is 50.7 Å². The first kappa shape index (κ1) is 31.3. The second-order valence-electron chi connectivity index (χ2n) is 10.6. The number of hydrogen-bond acceptors (Lipinski definition) is 9. The number of ether oxygens (including phenoxy) is 3. The molecule has 0 amide bonds. The third-order valence-corrected chi connectivity index (χ3v) is 9.52. The minimum Gasteiger partial charge on any atom is -0.493 e. The maximum atomic E-state index is 12.8. The monoisotopic (exact) mass is 595 g/mol. The van der Waals surface area contributed by atoms with Gasteiger partial charge in [-0.3, -0.25) is 14.6 Å². The van der Waals surface area contributed by atoms with Gasteiger partial charge in [-0.25, -0.2) is 8.42 Å². The number of rotatable bonds is 13. The second-order valence-corrected chi connectivity index (χ2v) is 12.5. The van der Waals surface area contributed by atoms with Crippen molar-refractivity contribution in [3.05, 3.63) is 47.5 Å². The van der Waals surface area contributed by atoms with E-state index in [1.54, 1.807) is 50.4 Å². The lowest BCUT2D eigenvalue weighted by atomic mass is 10.0. The summed E-state index contributed by atoms with van der Waals surface area (Å²) in [7, 11) is -1.87. The summed E-state index contributed by atoms with van der Waals surface area (Å²) in [5.41, 5.74) is 3.31. The van der Waals surface area contributed by atoms with E-state index in [2.05, 4.69) is 32.7 Å². The number of hydrogen-bond donors (Lipinski definition) is 2. The number of benzene rings is 2. The highest BCUT2D eigenvalue weighted by Crippen LogP contribution is 2.39. The number of morpholine rings is 1. The highest BCUT2D eigenvalue weighted by atomic mass is 32.2. The highest BCUT2D eigenvalue weighted by Gasteiger charge is 2.27. The Balaban J connectivity index is 1.48. The molecular weight excluding hydrogens is 554 g/mol. The predicted molar refractivity (Wildman–Crippen MR) is 167 cm³/mol. The topological polar surface area (TPSA) is 125 Å². The average molecular weight is 596 g/mol. The van der Waals surface area contributed by atoms with Crippen LogP contribution in [0.5, 0.6) is 11.5 Å². The maximum absolute atomic E-state index is 12.8. The van der Waals surface area contributed by atoms with E-state index in [9.17, 15) is 13.7 Å². The molecule has 1 saturated heterocycles. The molecule has 42 heavy (non-hydrogen) atoms. The first-order valence-corrected chi connectivity index (χ1v) is 16.0. The Morgan fingerprint density at radius 1 is 1.12 bits per heavy atom. The van der Waals surface area contributed by atoms with Crippen molar-refractivity contribution in [1.29, 1.82) is 5.26 Å². The van der Waals surface area contributed by atoms with Gasteiger partial charge in [0.15, 0.2) is 11.5 Å². The second kappa shape index (κ2) is 15.0. The smallest absolute Gasteiger partial charge is 0.235 e. The van der Waals surface area contributed by atoms with E-state index in [-0.39, 0.29) is 5.25 Å². The molecule has 0 aromatic heterocycles. The summed E-state index contributed by atoms with van der Waals surface area (Å²) in [4.78, 5) is 6.58. The molecule has 1 aliphatic carbocycles. The molecule has 0 atom stereocenters. The molecule has 0 unspecified atom stereocenters. The number of nitrogens with zero attached hydrogens (tertiary/aromatic N) is 3. The van der Waals surface area contributed by atoms with Crippen molar-refractivity contribution in [3.63, 3.8) is 0 Å². The number of aliphatic imine (C=N–C) groups is 1. The molecule has 2 N–H and O–H groups in total. The van der Waals surface area contributed by atoms with Crippen LogP contribution in [0.25, 0.3) is 5.70 Å². The molecule has 0 spiro atoms. The number of allylic oxidation sites excluding steroid dienone is 1. The van der Waals surface area contributed by atoms with Crippen molar-refractivity contribution < 1.29 is 22.6 Å². The molecule has 1 aliphatic heterocycles. The van der Waals surface area contributed by atoms with E-state index in [0.29, 0.717) is 64.8 Å². The van der Waals surface area contributed by atoms with Crippen molar-refractivity contribution in [2.24, 2.45) is 4.99 Å². The molecule has 4 rings (SSSR count). The highest BCUT2D eigenvalue weighted by molar-refractivity contribution is 7.93. The van der Waals surface area contributed by atoms with Crippen LogP contribution in [0.2, 0.25) is 0 Å². The lowest BCUT2D eigenvalue weighted by Crippen LogP contribution is -2.37. The Hall–Kier alpha value is -3.59. The standard InChI is InChI=1S/C31H41N5O5S/c1-23(22-32)31(34-24-10-12-25(13-11-24)35-42(37,38)26-8-5-4-6-9-26)27-20-29(39-3)30(21-28(27)33-2)41-17-7-14-36-15-18-40-19-16-36/h10-13,20-21,26,34-35H,2,4-9,14-19H2,1,3H3/b31-23-. The third-order valence-electron chi connectivity index (χ3n) is 7.65. The van der Waals surface area contributed by atoms with E-state index in [1.807, 2.05) is 0 Å². The Morgan fingerprint density at radius 3 is 2.45 bits per heavy atom. The molecular formula is C31H41N5O5S. The molecule has 226 valence electrons. The fourth-order valence-corrected chi connectivity index (χ4v) is 6.84. The van der Waals surface area contributed by atoms with Gasteiger partial charge in [0.2, 0.25) is 10.0 Å². The van der Waals surface area contributed by atoms with Crippen molar-refractivity contribution in [3.8, 4) is 17.6 Å². The fourth-order valence-electron chi connectivity index (χ4n) is 5.26. The minimum absolute atomic E-state index is 0.353. The quantitative estimate of drug-likeness (QED) is 0.175. The maximum Gasteiger partial charge on any atom is 0.235 e. The first-order chi connectivity index (χ1) is 20.3. The Kier molecular flexibility index (Phi) is 11.2. The SMILES string of the molecule is C=Nc1cc(OCCCN2CCOCC2)c(OC)cc1/C(Nc1ccc(NS(=O)(=O)C2CCCCC2)cc1)=C(\C)C#N. The third kappa shape index (κ3) is 8.25. The molecule has 1 heterocycles. The van der Waals surface area contributed by atoms with Gasteiger partial charge in [0.05, 0.1) is 55.2 Å². The Labute approximate surface area is 249 Å². The number of sulfonamides is 1. The molecule has 0 bridgehead atoms. The van der Waals surface area contributed by atoms with Gasteiger partial charge in [0, 0.05) is 42.6 Å². The molecule has 11 heteroatoms. The summed E-state index contributed by atoms with van der Waals surface area (Å²) in [6.07, 6.45) is 5.21. The summed E-state index contributed by atoms with van der Waals surface area (Å²) in [6.45, 7) is 10.3. The van der Waals surface area contributed by atoms with Gasteiger partial charge >= 0.3 is 0 Å². The van der Waals surface area contributed by atoms with Crippen LogP contribution in [-0.4, -0.2) is 71.8 Å². The summed E-state index contributed by atoms with van der Waals surface area (Å²) in [5, 5.41) is 12.8. The summed E-state index contributed by atoms with van der Waals surface area (Å²) in [6, 6.07) is 12.7. The number of nitriles is 1. The molecule has 2 fully saturated rings. The van der Waals surface area contributed by atoms with Crippen molar-refractivity contribution in [1.82, 2.24) is 4.90 Å². The fraction of sp³-hybridized carbons (Fsp3) is 0.484. The zero-order chi connectivity index (χ0) is 30.0. The lowest BCUT2D eigenvalue weighted by Gasteiger charge is -2.26. The van der Waals surface area contributed by atoms with Crippen LogP contribution >= 0.6 is 0 Å². The minimum atomic E-state index is -3.44. The molecule has 2 aromatic rings. The largest absolute Gasteiger partial charge is 0.493 e. The summed E-state index contributed by atoms with van der Waals surface area (Å²) < 4.78 is 45.5. The molecule has 0 radical (unpaired) electrons. The molecule has 2 aromatic carbocycles. The molecule has 1 saturated carbocycles. The van der Waals surface area contributed by atoms with Gasteiger partial charge in [-0.15, -0.1) is 0 Å². The van der Waals surface area contributed by atoms with Gasteiger partial charge < -0.3 is 19.5 Å². The Bertz CT molecular complexity index is 1390. The summed E-state index contributed by atoms with van der Waals surface area (Å²) >= 11 is 0. The first-order valence-electron chi connectivity index (χ1n) is 14.5. The Morgan fingerprint density at radius 2 is 1.81 bits per heavy atom. The molecule has 2 aliphatic rings. The zero-order valence-corrected chi connectivity index (χ0v) is 25.3. The van der Waals surface area contributed by atoms with Crippen LogP contribution in [0.4, 0.5) is 17.1 Å². The van der Waals surface area contributed by atoms with E-state index in [4.69, 9.17) is 14.2 Å². The van der Waals surface area contributed by atoms with E-state index in [1.165, 1.54) is 0 Å². The van der Waals surface area contributed by atoms with Gasteiger partial charge in [-0.2, -0.15) is 5.26 Å².